The van der Waals surface area contributed by atoms with Crippen LogP contribution in [0.25, 0.3) is 0 Å². The van der Waals surface area contributed by atoms with Crippen LogP contribution in [-0.2, 0) is 6.42 Å². The van der Waals surface area contributed by atoms with Crippen molar-refractivity contribution in [2.75, 3.05) is 16.8 Å². The predicted octanol–water partition coefficient (Wildman–Crippen LogP) is 2.66. The van der Waals surface area contributed by atoms with E-state index < -0.39 is 23.6 Å². The van der Waals surface area contributed by atoms with E-state index in [1.807, 2.05) is 0 Å². The number of benzene rings is 2. The summed E-state index contributed by atoms with van der Waals surface area (Å²) in [4.78, 5) is 24.8. The summed E-state index contributed by atoms with van der Waals surface area (Å²) in [5.41, 5.74) is 7.40. The number of primary amides is 1. The molecule has 0 bridgehead atoms. The fraction of sp³-hybridized carbons (Fsp3) is 0.125. The fourth-order valence-corrected chi connectivity index (χ4v) is 2.55. The first-order valence-electron chi connectivity index (χ1n) is 6.92. The monoisotopic (exact) mass is 317 g/mol. The van der Waals surface area contributed by atoms with Crippen LogP contribution in [0.1, 0.15) is 15.9 Å². The minimum atomic E-state index is -1.08. The van der Waals surface area contributed by atoms with Gasteiger partial charge in [-0.25, -0.2) is 13.6 Å². The second-order valence-corrected chi connectivity index (χ2v) is 5.17. The molecule has 0 aromatic heterocycles. The maximum absolute atomic E-state index is 13.2. The Morgan fingerprint density at radius 1 is 1.09 bits per heavy atom. The Balaban J connectivity index is 1.80. The zero-order valence-corrected chi connectivity index (χ0v) is 12.0. The van der Waals surface area contributed by atoms with E-state index in [1.54, 1.807) is 18.2 Å². The third-order valence-electron chi connectivity index (χ3n) is 3.68. The van der Waals surface area contributed by atoms with Crippen molar-refractivity contribution >= 4 is 23.3 Å². The molecule has 3 rings (SSSR count). The van der Waals surface area contributed by atoms with Gasteiger partial charge in [0, 0.05) is 23.5 Å². The van der Waals surface area contributed by atoms with E-state index in [4.69, 9.17) is 5.73 Å². The van der Waals surface area contributed by atoms with Crippen molar-refractivity contribution in [3.05, 3.63) is 59.2 Å². The highest BCUT2D eigenvalue weighted by atomic mass is 19.2. The van der Waals surface area contributed by atoms with E-state index in [-0.39, 0.29) is 5.56 Å². The molecular weight excluding hydrogens is 304 g/mol. The molecule has 0 aliphatic carbocycles. The molecule has 3 amide bonds. The lowest BCUT2D eigenvalue weighted by Gasteiger charge is -2.14. The van der Waals surface area contributed by atoms with Gasteiger partial charge in [0.2, 0.25) is 0 Å². The highest BCUT2D eigenvalue weighted by molar-refractivity contribution is 6.04. The number of hydrogen-bond acceptors (Lipinski definition) is 2. The fourth-order valence-electron chi connectivity index (χ4n) is 2.55. The zero-order chi connectivity index (χ0) is 16.6. The Morgan fingerprint density at radius 3 is 2.57 bits per heavy atom. The Bertz CT molecular complexity index is 808. The molecule has 0 atom stereocenters. The molecule has 3 N–H and O–H groups in total. The van der Waals surface area contributed by atoms with Gasteiger partial charge in [-0.2, -0.15) is 0 Å². The standard InChI is InChI=1S/C16H13F2N3O2/c17-12-3-1-10(8-13(12)18)15(22)20-11-2-4-14-9(7-11)5-6-21(14)16(19)23/h1-4,7-8H,5-6H2,(H2,19,23)(H,20,22). The van der Waals surface area contributed by atoms with Gasteiger partial charge in [-0.1, -0.05) is 0 Å². The number of rotatable bonds is 2. The van der Waals surface area contributed by atoms with Crippen LogP contribution >= 0.6 is 0 Å². The van der Waals surface area contributed by atoms with Crippen LogP contribution in [0, 0.1) is 11.6 Å². The van der Waals surface area contributed by atoms with E-state index in [0.29, 0.717) is 24.3 Å². The van der Waals surface area contributed by atoms with Gasteiger partial charge in [0.1, 0.15) is 0 Å². The Labute approximate surface area is 130 Å². The van der Waals surface area contributed by atoms with Gasteiger partial charge in [0.25, 0.3) is 5.91 Å². The van der Waals surface area contributed by atoms with Crippen LogP contribution in [0.2, 0.25) is 0 Å². The number of hydrogen-bond donors (Lipinski definition) is 2. The number of urea groups is 1. The number of halogens is 2. The minimum absolute atomic E-state index is 0.0168. The first kappa shape index (κ1) is 15.0. The number of amides is 3. The van der Waals surface area contributed by atoms with Crippen molar-refractivity contribution in [1.29, 1.82) is 0 Å². The molecular formula is C16H13F2N3O2. The number of fused-ring (bicyclic) bond motifs is 1. The number of carbonyl (C=O) groups excluding carboxylic acids is 2. The molecule has 2 aromatic rings. The largest absolute Gasteiger partial charge is 0.351 e. The van der Waals surface area contributed by atoms with Crippen molar-refractivity contribution < 1.29 is 18.4 Å². The van der Waals surface area contributed by atoms with Gasteiger partial charge in [-0.3, -0.25) is 9.69 Å². The third-order valence-corrected chi connectivity index (χ3v) is 3.68. The summed E-state index contributed by atoms with van der Waals surface area (Å²) in [5.74, 6) is -2.64. The summed E-state index contributed by atoms with van der Waals surface area (Å²) in [6, 6.07) is 7.46. The number of nitrogens with zero attached hydrogens (tertiary/aromatic N) is 1. The van der Waals surface area contributed by atoms with Crippen molar-refractivity contribution in [3.8, 4) is 0 Å². The molecule has 0 saturated carbocycles. The quantitative estimate of drug-likeness (QED) is 0.893. The number of anilines is 2. The van der Waals surface area contributed by atoms with Gasteiger partial charge >= 0.3 is 6.03 Å². The molecule has 5 nitrogen and oxygen atoms in total. The SMILES string of the molecule is NC(=O)N1CCc2cc(NC(=O)c3ccc(F)c(F)c3)ccc21. The van der Waals surface area contributed by atoms with E-state index in [9.17, 15) is 18.4 Å². The molecule has 2 aromatic carbocycles. The van der Waals surface area contributed by atoms with E-state index in [2.05, 4.69) is 5.32 Å². The maximum Gasteiger partial charge on any atom is 0.319 e. The van der Waals surface area contributed by atoms with Crippen molar-refractivity contribution in [2.45, 2.75) is 6.42 Å². The average molecular weight is 317 g/mol. The highest BCUT2D eigenvalue weighted by Gasteiger charge is 2.23. The topological polar surface area (TPSA) is 75.4 Å². The molecule has 118 valence electrons. The van der Waals surface area contributed by atoms with Crippen molar-refractivity contribution in [1.82, 2.24) is 0 Å². The lowest BCUT2D eigenvalue weighted by Crippen LogP contribution is -2.33. The Hall–Kier alpha value is -2.96. The number of carbonyl (C=O) groups is 2. The Kier molecular flexibility index (Phi) is 3.69. The lowest BCUT2D eigenvalue weighted by molar-refractivity contribution is 0.102. The summed E-state index contributed by atoms with van der Waals surface area (Å²) in [7, 11) is 0. The van der Waals surface area contributed by atoms with Gasteiger partial charge in [-0.15, -0.1) is 0 Å². The summed E-state index contributed by atoms with van der Waals surface area (Å²) in [5, 5.41) is 2.62. The molecule has 0 fully saturated rings. The van der Waals surface area contributed by atoms with Crippen LogP contribution in [0.3, 0.4) is 0 Å². The van der Waals surface area contributed by atoms with E-state index in [0.717, 1.165) is 17.7 Å². The van der Waals surface area contributed by atoms with Gasteiger partial charge in [0.05, 0.1) is 0 Å². The van der Waals surface area contributed by atoms with Crippen molar-refractivity contribution in [2.24, 2.45) is 5.73 Å². The van der Waals surface area contributed by atoms with Crippen LogP contribution in [0.4, 0.5) is 25.0 Å². The summed E-state index contributed by atoms with van der Waals surface area (Å²) < 4.78 is 26.1. The first-order chi connectivity index (χ1) is 11.0. The van der Waals surface area contributed by atoms with Gasteiger partial charge in [0.15, 0.2) is 11.6 Å². The number of nitrogens with one attached hydrogen (secondary N) is 1. The normalized spacial score (nSPS) is 12.9. The summed E-state index contributed by atoms with van der Waals surface area (Å²) in [6.45, 7) is 0.491. The number of nitrogens with two attached hydrogens (primary N) is 1. The molecule has 1 aliphatic heterocycles. The smallest absolute Gasteiger partial charge is 0.319 e. The Morgan fingerprint density at radius 2 is 1.87 bits per heavy atom. The van der Waals surface area contributed by atoms with Crippen molar-refractivity contribution in [3.63, 3.8) is 0 Å². The maximum atomic E-state index is 13.2. The first-order valence-corrected chi connectivity index (χ1v) is 6.92. The summed E-state index contributed by atoms with van der Waals surface area (Å²) in [6.07, 6.45) is 0.632. The molecule has 0 spiro atoms. The predicted molar refractivity (Wildman–Crippen MR) is 81.4 cm³/mol. The molecule has 1 heterocycles. The van der Waals surface area contributed by atoms with E-state index >= 15 is 0 Å². The molecule has 0 radical (unpaired) electrons. The highest BCUT2D eigenvalue weighted by Crippen LogP contribution is 2.30. The average Bonchev–Trinajstić information content (AvgIpc) is 2.93. The second-order valence-electron chi connectivity index (χ2n) is 5.17. The summed E-state index contributed by atoms with van der Waals surface area (Å²) >= 11 is 0. The van der Waals surface area contributed by atoms with Crippen LogP contribution in [0.15, 0.2) is 36.4 Å². The van der Waals surface area contributed by atoms with Gasteiger partial charge in [-0.05, 0) is 48.4 Å². The third kappa shape index (κ3) is 2.85. The van der Waals surface area contributed by atoms with Crippen LogP contribution in [0.5, 0.6) is 0 Å². The zero-order valence-electron chi connectivity index (χ0n) is 12.0. The van der Waals surface area contributed by atoms with Crippen LogP contribution < -0.4 is 16.0 Å². The molecule has 0 saturated heterocycles. The molecule has 7 heteroatoms. The van der Waals surface area contributed by atoms with Gasteiger partial charge < -0.3 is 11.1 Å². The molecule has 1 aliphatic rings. The van der Waals surface area contributed by atoms with Crippen LogP contribution in [-0.4, -0.2) is 18.5 Å². The minimum Gasteiger partial charge on any atom is -0.351 e. The second kappa shape index (κ2) is 5.68. The molecule has 23 heavy (non-hydrogen) atoms. The molecule has 0 unspecified atom stereocenters. The van der Waals surface area contributed by atoms with E-state index in [1.165, 1.54) is 11.0 Å². The lowest BCUT2D eigenvalue weighted by atomic mass is 10.1.